The van der Waals surface area contributed by atoms with Crippen LogP contribution < -0.4 is 0 Å². The van der Waals surface area contributed by atoms with Gasteiger partial charge in [0.1, 0.15) is 0 Å². The fourth-order valence-corrected chi connectivity index (χ4v) is 2.48. The molecule has 0 aliphatic rings. The van der Waals surface area contributed by atoms with Crippen LogP contribution in [0.4, 0.5) is 0 Å². The van der Waals surface area contributed by atoms with E-state index in [1.807, 2.05) is 0 Å². The van der Waals surface area contributed by atoms with Gasteiger partial charge in [0.15, 0.2) is 0 Å². The first kappa shape index (κ1) is 12.0. The van der Waals surface area contributed by atoms with Gasteiger partial charge in [0.25, 0.3) is 0 Å². The van der Waals surface area contributed by atoms with Crippen LogP contribution in [0.3, 0.4) is 0 Å². The van der Waals surface area contributed by atoms with Crippen molar-refractivity contribution in [1.29, 1.82) is 0 Å². The van der Waals surface area contributed by atoms with Gasteiger partial charge in [-0.1, -0.05) is 23.2 Å². The predicted octanol–water partition coefficient (Wildman–Crippen LogP) is 4.03. The molecule has 0 amide bonds. The Hall–Kier alpha value is -0.0900. The minimum atomic E-state index is -0.516. The molecular weight excluding hydrogens is 267 g/mol. The van der Waals surface area contributed by atoms with E-state index in [2.05, 4.69) is 4.74 Å². The zero-order chi connectivity index (χ0) is 10.7. The van der Waals surface area contributed by atoms with Crippen LogP contribution >= 0.6 is 44.9 Å². The second-order valence-corrected chi connectivity index (χ2v) is 4.20. The van der Waals surface area contributed by atoms with Crippen molar-refractivity contribution in [3.05, 3.63) is 27.7 Å². The van der Waals surface area contributed by atoms with Crippen molar-refractivity contribution in [3.8, 4) is 0 Å². The lowest BCUT2D eigenvalue weighted by atomic mass is 10.2. The molecule has 1 aromatic rings. The average molecular weight is 272 g/mol. The number of esters is 1. The Morgan fingerprint density at radius 3 is 2.57 bits per heavy atom. The SMILES string of the molecule is COC(=O)c1cc(Cl)cc(Cl)c1SCl. The number of halogens is 3. The van der Waals surface area contributed by atoms with Gasteiger partial charge in [0.2, 0.25) is 0 Å². The summed E-state index contributed by atoms with van der Waals surface area (Å²) in [5.41, 5.74) is 0.269. The van der Waals surface area contributed by atoms with Gasteiger partial charge in [-0.3, -0.25) is 0 Å². The minimum absolute atomic E-state index is 0.269. The number of carbonyl (C=O) groups excluding carboxylic acids is 1. The van der Waals surface area contributed by atoms with E-state index >= 15 is 0 Å². The maximum atomic E-state index is 11.3. The summed E-state index contributed by atoms with van der Waals surface area (Å²) in [7, 11) is 7.70. The highest BCUT2D eigenvalue weighted by molar-refractivity contribution is 8.21. The minimum Gasteiger partial charge on any atom is -0.465 e. The third-order valence-corrected chi connectivity index (χ3v) is 3.18. The highest BCUT2D eigenvalue weighted by Gasteiger charge is 2.16. The van der Waals surface area contributed by atoms with Gasteiger partial charge in [-0.25, -0.2) is 4.79 Å². The maximum absolute atomic E-state index is 11.3. The van der Waals surface area contributed by atoms with Crippen molar-refractivity contribution < 1.29 is 9.53 Å². The summed E-state index contributed by atoms with van der Waals surface area (Å²) in [4.78, 5) is 11.7. The van der Waals surface area contributed by atoms with Crippen molar-refractivity contribution in [1.82, 2.24) is 0 Å². The number of methoxy groups -OCH3 is 1. The number of hydrogen-bond acceptors (Lipinski definition) is 3. The van der Waals surface area contributed by atoms with Crippen LogP contribution in [0.1, 0.15) is 10.4 Å². The summed E-state index contributed by atoms with van der Waals surface area (Å²) >= 11 is 11.6. The molecule has 0 unspecified atom stereocenters. The first-order valence-corrected chi connectivity index (χ1v) is 5.86. The summed E-state index contributed by atoms with van der Waals surface area (Å²) in [6.07, 6.45) is 0. The van der Waals surface area contributed by atoms with E-state index in [1.54, 1.807) is 0 Å². The van der Waals surface area contributed by atoms with E-state index < -0.39 is 5.97 Å². The first-order valence-electron chi connectivity index (χ1n) is 3.46. The molecule has 0 saturated heterocycles. The molecule has 0 atom stereocenters. The van der Waals surface area contributed by atoms with Crippen LogP contribution in [0.2, 0.25) is 10.0 Å². The molecule has 0 N–H and O–H groups in total. The van der Waals surface area contributed by atoms with Crippen molar-refractivity contribution in [2.45, 2.75) is 4.90 Å². The van der Waals surface area contributed by atoms with Crippen LogP contribution in [0.5, 0.6) is 0 Å². The van der Waals surface area contributed by atoms with Gasteiger partial charge in [0, 0.05) is 5.02 Å². The van der Waals surface area contributed by atoms with Crippen molar-refractivity contribution in [2.24, 2.45) is 0 Å². The summed E-state index contributed by atoms with van der Waals surface area (Å²) in [5, 5.41) is 0.697. The molecule has 0 bridgehead atoms. The van der Waals surface area contributed by atoms with E-state index in [-0.39, 0.29) is 5.56 Å². The van der Waals surface area contributed by atoms with Crippen LogP contribution in [0.15, 0.2) is 17.0 Å². The molecule has 0 fully saturated rings. The predicted molar refractivity (Wildman–Crippen MR) is 59.5 cm³/mol. The van der Waals surface area contributed by atoms with Crippen molar-refractivity contribution in [3.63, 3.8) is 0 Å². The van der Waals surface area contributed by atoms with E-state index in [1.165, 1.54) is 19.2 Å². The lowest BCUT2D eigenvalue weighted by Gasteiger charge is -2.06. The molecule has 0 saturated carbocycles. The third-order valence-electron chi connectivity index (χ3n) is 1.49. The number of rotatable bonds is 2. The van der Waals surface area contributed by atoms with Crippen LogP contribution in [-0.2, 0) is 4.74 Å². The summed E-state index contributed by atoms with van der Waals surface area (Å²) in [6, 6.07) is 2.98. The van der Waals surface area contributed by atoms with Crippen LogP contribution in [-0.4, -0.2) is 13.1 Å². The lowest BCUT2D eigenvalue weighted by molar-refractivity contribution is 0.0597. The van der Waals surface area contributed by atoms with Gasteiger partial charge in [-0.15, -0.1) is 0 Å². The van der Waals surface area contributed by atoms with Gasteiger partial charge < -0.3 is 4.74 Å². The highest BCUT2D eigenvalue weighted by Crippen LogP contribution is 2.35. The van der Waals surface area contributed by atoms with Crippen molar-refractivity contribution in [2.75, 3.05) is 7.11 Å². The molecule has 0 radical (unpaired) electrons. The molecule has 0 heterocycles. The Bertz CT molecular complexity index is 368. The summed E-state index contributed by atoms with van der Waals surface area (Å²) in [6.45, 7) is 0. The molecule has 0 aliphatic carbocycles. The fourth-order valence-electron chi connectivity index (χ4n) is 0.900. The molecule has 0 spiro atoms. The number of ether oxygens (including phenoxy) is 1. The van der Waals surface area contributed by atoms with Gasteiger partial charge >= 0.3 is 5.97 Å². The number of hydrogen-bond donors (Lipinski definition) is 0. The van der Waals surface area contributed by atoms with Crippen LogP contribution in [0.25, 0.3) is 0 Å². The monoisotopic (exact) mass is 270 g/mol. The molecule has 6 heteroatoms. The second kappa shape index (κ2) is 5.12. The fraction of sp³-hybridized carbons (Fsp3) is 0.125. The molecule has 14 heavy (non-hydrogen) atoms. The first-order chi connectivity index (χ1) is 6.60. The standard InChI is InChI=1S/C8H5Cl3O2S/c1-13-8(12)5-2-4(9)3-6(10)7(5)14-11/h2-3H,1H3. The van der Waals surface area contributed by atoms with E-state index in [9.17, 15) is 4.79 Å². The summed E-state index contributed by atoms with van der Waals surface area (Å²) in [5.74, 6) is -0.516. The topological polar surface area (TPSA) is 26.3 Å². The van der Waals surface area contributed by atoms with E-state index in [0.717, 1.165) is 11.0 Å². The Morgan fingerprint density at radius 2 is 2.07 bits per heavy atom. The quantitative estimate of drug-likeness (QED) is 0.760. The average Bonchev–Trinajstić information content (AvgIpc) is 2.15. The number of benzene rings is 1. The van der Waals surface area contributed by atoms with Gasteiger partial charge in [0.05, 0.1) is 22.6 Å². The Labute approximate surface area is 100.0 Å². The number of carbonyl (C=O) groups is 1. The van der Waals surface area contributed by atoms with E-state index in [4.69, 9.17) is 33.9 Å². The van der Waals surface area contributed by atoms with Crippen molar-refractivity contribution >= 4 is 50.8 Å². The second-order valence-electron chi connectivity index (χ2n) is 2.33. The van der Waals surface area contributed by atoms with Crippen LogP contribution in [0, 0.1) is 0 Å². The maximum Gasteiger partial charge on any atom is 0.339 e. The normalized spacial score (nSPS) is 10.0. The van der Waals surface area contributed by atoms with Gasteiger partial charge in [-0.05, 0) is 33.8 Å². The smallest absolute Gasteiger partial charge is 0.339 e. The molecule has 1 aromatic carbocycles. The molecule has 0 aliphatic heterocycles. The Morgan fingerprint density at radius 1 is 1.43 bits per heavy atom. The lowest BCUT2D eigenvalue weighted by Crippen LogP contribution is -2.03. The third kappa shape index (κ3) is 2.48. The Kier molecular flexibility index (Phi) is 4.38. The largest absolute Gasteiger partial charge is 0.465 e. The molecule has 0 aromatic heterocycles. The highest BCUT2D eigenvalue weighted by atomic mass is 35.7. The molecule has 76 valence electrons. The van der Waals surface area contributed by atoms with Gasteiger partial charge in [-0.2, -0.15) is 0 Å². The molecule has 1 rings (SSSR count). The molecular formula is C8H5Cl3O2S. The van der Waals surface area contributed by atoms with E-state index in [0.29, 0.717) is 14.9 Å². The molecule has 2 nitrogen and oxygen atoms in total. The Balaban J connectivity index is 3.32. The summed E-state index contributed by atoms with van der Waals surface area (Å²) < 4.78 is 4.56. The zero-order valence-corrected chi connectivity index (χ0v) is 10.1. The zero-order valence-electron chi connectivity index (χ0n) is 7.01.